The molecule has 0 aliphatic rings. The number of aryl methyl sites for hydroxylation is 1. The largest absolute Gasteiger partial charge is 0.388 e. The predicted molar refractivity (Wildman–Crippen MR) is 51.9 cm³/mol. The molecule has 14 heavy (non-hydrogen) atoms. The summed E-state index contributed by atoms with van der Waals surface area (Å²) >= 11 is 1.60. The van der Waals surface area contributed by atoms with Crippen LogP contribution in [0.1, 0.15) is 16.5 Å². The number of hydrogen-bond donors (Lipinski definition) is 1. The smallest absolute Gasteiger partial charge is 0.158 e. The monoisotopic (exact) mass is 210 g/mol. The van der Waals surface area contributed by atoms with E-state index < -0.39 is 0 Å². The van der Waals surface area contributed by atoms with Crippen LogP contribution in [0.5, 0.6) is 0 Å². The maximum Gasteiger partial charge on any atom is 0.158 e. The third-order valence-electron chi connectivity index (χ3n) is 1.81. The minimum absolute atomic E-state index is 0.0929. The zero-order valence-electron chi connectivity index (χ0n) is 7.71. The van der Waals surface area contributed by atoms with Gasteiger partial charge in [0.25, 0.3) is 0 Å². The number of hydrogen-bond acceptors (Lipinski definition) is 5. The van der Waals surface area contributed by atoms with Gasteiger partial charge in [0.2, 0.25) is 0 Å². The van der Waals surface area contributed by atoms with E-state index in [9.17, 15) is 0 Å². The van der Waals surface area contributed by atoms with E-state index in [0.717, 1.165) is 10.7 Å². The van der Waals surface area contributed by atoms with Gasteiger partial charge in [-0.25, -0.2) is 4.98 Å². The van der Waals surface area contributed by atoms with Crippen LogP contribution in [-0.2, 0) is 13.2 Å². The molecular formula is C8H10N4OS. The normalized spacial score (nSPS) is 10.7. The van der Waals surface area contributed by atoms with Gasteiger partial charge in [-0.2, -0.15) is 0 Å². The summed E-state index contributed by atoms with van der Waals surface area (Å²) in [5.74, 6) is 0.567. The highest BCUT2D eigenvalue weighted by molar-refractivity contribution is 7.09. The molecule has 0 aliphatic heterocycles. The standard InChI is InChI=1S/C8H10N4OS/c1-6-4-14-8(10-6)2-12-5-9-11-7(12)3-13/h4-5,13H,2-3H2,1H3. The molecule has 2 aromatic heterocycles. The summed E-state index contributed by atoms with van der Waals surface area (Å²) in [4.78, 5) is 4.32. The molecule has 2 rings (SSSR count). The van der Waals surface area contributed by atoms with Crippen molar-refractivity contribution in [3.8, 4) is 0 Å². The van der Waals surface area contributed by atoms with Crippen LogP contribution in [0.25, 0.3) is 0 Å². The Kier molecular flexibility index (Phi) is 2.55. The lowest BCUT2D eigenvalue weighted by molar-refractivity contribution is 0.265. The number of thiazole rings is 1. The Hall–Kier alpha value is -1.27. The van der Waals surface area contributed by atoms with Crippen LogP contribution in [-0.4, -0.2) is 24.9 Å². The predicted octanol–water partition coefficient (Wildman–Crippen LogP) is 0.584. The molecule has 0 radical (unpaired) electrons. The molecule has 0 atom stereocenters. The van der Waals surface area contributed by atoms with Gasteiger partial charge in [-0.1, -0.05) is 0 Å². The first-order valence-electron chi connectivity index (χ1n) is 4.18. The fraction of sp³-hybridized carbons (Fsp3) is 0.375. The van der Waals surface area contributed by atoms with E-state index in [1.807, 2.05) is 12.3 Å². The fourth-order valence-electron chi connectivity index (χ4n) is 1.15. The van der Waals surface area contributed by atoms with Crippen molar-refractivity contribution < 1.29 is 5.11 Å². The van der Waals surface area contributed by atoms with Crippen LogP contribution >= 0.6 is 11.3 Å². The van der Waals surface area contributed by atoms with Crippen molar-refractivity contribution >= 4 is 11.3 Å². The number of rotatable bonds is 3. The second-order valence-corrected chi connectivity index (χ2v) is 3.86. The highest BCUT2D eigenvalue weighted by atomic mass is 32.1. The van der Waals surface area contributed by atoms with Gasteiger partial charge in [-0.3, -0.25) is 0 Å². The summed E-state index contributed by atoms with van der Waals surface area (Å²) < 4.78 is 1.79. The van der Waals surface area contributed by atoms with E-state index in [1.54, 1.807) is 22.2 Å². The lowest BCUT2D eigenvalue weighted by atomic mass is 10.5. The first kappa shape index (κ1) is 9.29. The molecule has 2 aromatic rings. The summed E-state index contributed by atoms with van der Waals surface area (Å²) in [5.41, 5.74) is 1.02. The van der Waals surface area contributed by atoms with Crippen LogP contribution in [0.2, 0.25) is 0 Å². The molecule has 0 bridgehead atoms. The highest BCUT2D eigenvalue weighted by Crippen LogP contribution is 2.10. The van der Waals surface area contributed by atoms with E-state index in [2.05, 4.69) is 15.2 Å². The molecule has 0 amide bonds. The van der Waals surface area contributed by atoms with Gasteiger partial charge in [0.1, 0.15) is 17.9 Å². The third kappa shape index (κ3) is 1.80. The molecule has 0 unspecified atom stereocenters. The average molecular weight is 210 g/mol. The average Bonchev–Trinajstić information content (AvgIpc) is 2.76. The van der Waals surface area contributed by atoms with Gasteiger partial charge < -0.3 is 9.67 Å². The topological polar surface area (TPSA) is 63.8 Å². The quantitative estimate of drug-likeness (QED) is 0.805. The molecule has 1 N–H and O–H groups in total. The second-order valence-electron chi connectivity index (χ2n) is 2.92. The van der Waals surface area contributed by atoms with Crippen molar-refractivity contribution in [3.63, 3.8) is 0 Å². The Morgan fingerprint density at radius 3 is 3.07 bits per heavy atom. The van der Waals surface area contributed by atoms with Gasteiger partial charge in [-0.15, -0.1) is 21.5 Å². The molecule has 0 saturated carbocycles. The number of aliphatic hydroxyl groups is 1. The summed E-state index contributed by atoms with van der Waals surface area (Å²) in [7, 11) is 0. The summed E-state index contributed by atoms with van der Waals surface area (Å²) in [6, 6.07) is 0. The van der Waals surface area contributed by atoms with E-state index in [-0.39, 0.29) is 6.61 Å². The van der Waals surface area contributed by atoms with Crippen LogP contribution in [0.15, 0.2) is 11.7 Å². The number of aliphatic hydroxyl groups excluding tert-OH is 1. The molecule has 0 fully saturated rings. The van der Waals surface area contributed by atoms with Gasteiger partial charge in [0, 0.05) is 11.1 Å². The van der Waals surface area contributed by atoms with Crippen LogP contribution in [0, 0.1) is 6.92 Å². The van der Waals surface area contributed by atoms with E-state index in [4.69, 9.17) is 5.11 Å². The summed E-state index contributed by atoms with van der Waals surface area (Å²) in [6.45, 7) is 2.49. The van der Waals surface area contributed by atoms with Crippen LogP contribution in [0.3, 0.4) is 0 Å². The van der Waals surface area contributed by atoms with E-state index in [1.165, 1.54) is 0 Å². The molecule has 5 nitrogen and oxygen atoms in total. The molecule has 0 aliphatic carbocycles. The molecule has 2 heterocycles. The molecule has 0 saturated heterocycles. The minimum atomic E-state index is -0.0929. The van der Waals surface area contributed by atoms with E-state index >= 15 is 0 Å². The van der Waals surface area contributed by atoms with Crippen LogP contribution < -0.4 is 0 Å². The lowest BCUT2D eigenvalue weighted by Gasteiger charge is -2.00. The highest BCUT2D eigenvalue weighted by Gasteiger charge is 2.05. The fourth-order valence-corrected chi connectivity index (χ4v) is 1.92. The van der Waals surface area contributed by atoms with Crippen molar-refractivity contribution in [1.82, 2.24) is 19.7 Å². The number of aromatic nitrogens is 4. The maximum absolute atomic E-state index is 8.95. The first-order chi connectivity index (χ1) is 6.79. The van der Waals surface area contributed by atoms with Gasteiger partial charge >= 0.3 is 0 Å². The summed E-state index contributed by atoms with van der Waals surface area (Å²) in [6.07, 6.45) is 1.60. The Labute approximate surface area is 85.1 Å². The Morgan fingerprint density at radius 2 is 2.43 bits per heavy atom. The minimum Gasteiger partial charge on any atom is -0.388 e. The molecule has 0 aromatic carbocycles. The first-order valence-corrected chi connectivity index (χ1v) is 5.06. The second kappa shape index (κ2) is 3.85. The Balaban J connectivity index is 2.18. The van der Waals surface area contributed by atoms with E-state index in [0.29, 0.717) is 12.4 Å². The molecule has 6 heteroatoms. The number of nitrogens with zero attached hydrogens (tertiary/aromatic N) is 4. The zero-order valence-corrected chi connectivity index (χ0v) is 8.53. The molecular weight excluding hydrogens is 200 g/mol. The van der Waals surface area contributed by atoms with Crippen molar-refractivity contribution in [3.05, 3.63) is 28.2 Å². The van der Waals surface area contributed by atoms with Crippen molar-refractivity contribution in [1.29, 1.82) is 0 Å². The third-order valence-corrected chi connectivity index (χ3v) is 2.76. The molecule has 74 valence electrons. The van der Waals surface area contributed by atoms with Crippen molar-refractivity contribution in [2.24, 2.45) is 0 Å². The zero-order chi connectivity index (χ0) is 9.97. The van der Waals surface area contributed by atoms with Gasteiger partial charge in [-0.05, 0) is 6.92 Å². The SMILES string of the molecule is Cc1csc(Cn2cnnc2CO)n1. The molecule has 0 spiro atoms. The lowest BCUT2D eigenvalue weighted by Crippen LogP contribution is -2.03. The summed E-state index contributed by atoms with van der Waals surface area (Å²) in [5, 5.41) is 19.4. The Bertz CT molecular complexity index is 422. The Morgan fingerprint density at radius 1 is 1.57 bits per heavy atom. The maximum atomic E-state index is 8.95. The van der Waals surface area contributed by atoms with Gasteiger partial charge in [0.05, 0.1) is 6.54 Å². The van der Waals surface area contributed by atoms with Gasteiger partial charge in [0.15, 0.2) is 5.82 Å². The van der Waals surface area contributed by atoms with Crippen molar-refractivity contribution in [2.45, 2.75) is 20.1 Å². The van der Waals surface area contributed by atoms with Crippen molar-refractivity contribution in [2.75, 3.05) is 0 Å². The van der Waals surface area contributed by atoms with Crippen LogP contribution in [0.4, 0.5) is 0 Å².